The van der Waals surface area contributed by atoms with E-state index >= 15 is 0 Å². The van der Waals surface area contributed by atoms with E-state index < -0.39 is 5.97 Å². The number of nitrogens with one attached hydrogen (secondary N) is 1. The fourth-order valence-electron chi connectivity index (χ4n) is 1.79. The van der Waals surface area contributed by atoms with Gasteiger partial charge in [-0.2, -0.15) is 0 Å². The molecular formula is C15H21NO4. The smallest absolute Gasteiger partial charge is 0.303 e. The molecule has 0 aliphatic heterocycles. The van der Waals surface area contributed by atoms with E-state index in [0.717, 1.165) is 6.42 Å². The third-order valence-corrected chi connectivity index (χ3v) is 3.13. The molecule has 0 saturated heterocycles. The van der Waals surface area contributed by atoms with Crippen LogP contribution in [0.25, 0.3) is 0 Å². The first-order valence-corrected chi connectivity index (χ1v) is 6.67. The van der Waals surface area contributed by atoms with E-state index in [1.165, 1.54) is 0 Å². The first kappa shape index (κ1) is 16.0. The largest absolute Gasteiger partial charge is 0.497 e. The van der Waals surface area contributed by atoms with Crippen molar-refractivity contribution in [3.05, 3.63) is 29.8 Å². The van der Waals surface area contributed by atoms with E-state index in [0.29, 0.717) is 24.3 Å². The lowest BCUT2D eigenvalue weighted by Gasteiger charge is -2.11. The summed E-state index contributed by atoms with van der Waals surface area (Å²) in [6.45, 7) is 2.54. The van der Waals surface area contributed by atoms with Crippen LogP contribution in [0.3, 0.4) is 0 Å². The Morgan fingerprint density at radius 3 is 2.45 bits per heavy atom. The van der Waals surface area contributed by atoms with Crippen LogP contribution in [-0.2, 0) is 4.79 Å². The van der Waals surface area contributed by atoms with Crippen molar-refractivity contribution in [3.63, 3.8) is 0 Å². The van der Waals surface area contributed by atoms with Crippen LogP contribution in [0.5, 0.6) is 5.75 Å². The van der Waals surface area contributed by atoms with Crippen molar-refractivity contribution in [1.82, 2.24) is 5.32 Å². The zero-order valence-electron chi connectivity index (χ0n) is 11.9. The van der Waals surface area contributed by atoms with Crippen molar-refractivity contribution in [2.45, 2.75) is 26.2 Å². The summed E-state index contributed by atoms with van der Waals surface area (Å²) in [5, 5.41) is 11.4. The lowest BCUT2D eigenvalue weighted by atomic mass is 10.0. The van der Waals surface area contributed by atoms with Crippen molar-refractivity contribution < 1.29 is 19.4 Å². The Labute approximate surface area is 118 Å². The molecule has 0 heterocycles. The van der Waals surface area contributed by atoms with Crippen molar-refractivity contribution in [2.75, 3.05) is 13.7 Å². The fourth-order valence-corrected chi connectivity index (χ4v) is 1.79. The van der Waals surface area contributed by atoms with E-state index in [9.17, 15) is 9.59 Å². The third-order valence-electron chi connectivity index (χ3n) is 3.13. The first-order valence-electron chi connectivity index (χ1n) is 6.67. The molecule has 110 valence electrons. The van der Waals surface area contributed by atoms with Gasteiger partial charge in [-0.05, 0) is 43.0 Å². The predicted octanol–water partition coefficient (Wildman–Crippen LogP) is 2.32. The zero-order chi connectivity index (χ0) is 15.0. The molecule has 5 nitrogen and oxygen atoms in total. The predicted molar refractivity (Wildman–Crippen MR) is 76.0 cm³/mol. The van der Waals surface area contributed by atoms with Crippen LogP contribution in [0.2, 0.25) is 0 Å². The Bertz CT molecular complexity index is 442. The van der Waals surface area contributed by atoms with Gasteiger partial charge in [0.15, 0.2) is 0 Å². The average molecular weight is 279 g/mol. The van der Waals surface area contributed by atoms with Crippen molar-refractivity contribution in [2.24, 2.45) is 5.92 Å². The summed E-state index contributed by atoms with van der Waals surface area (Å²) < 4.78 is 5.03. The van der Waals surface area contributed by atoms with Crippen molar-refractivity contribution in [1.29, 1.82) is 0 Å². The van der Waals surface area contributed by atoms with Crippen molar-refractivity contribution >= 4 is 11.9 Å². The Hall–Kier alpha value is -2.04. The molecule has 0 bridgehead atoms. The first-order chi connectivity index (χ1) is 9.52. The summed E-state index contributed by atoms with van der Waals surface area (Å²) in [5.41, 5.74) is 0.587. The number of carbonyl (C=O) groups is 2. The summed E-state index contributed by atoms with van der Waals surface area (Å²) in [6.07, 6.45) is 1.58. The van der Waals surface area contributed by atoms with Gasteiger partial charge in [0.25, 0.3) is 5.91 Å². The SMILES string of the molecule is COc1ccc(C(=O)NCCC(C)CCC(=O)O)cc1. The zero-order valence-corrected chi connectivity index (χ0v) is 11.9. The van der Waals surface area contributed by atoms with Crippen LogP contribution in [0.1, 0.15) is 36.5 Å². The monoisotopic (exact) mass is 279 g/mol. The Morgan fingerprint density at radius 1 is 1.25 bits per heavy atom. The number of ether oxygens (including phenoxy) is 1. The molecule has 5 heteroatoms. The summed E-state index contributed by atoms with van der Waals surface area (Å²) in [6, 6.07) is 6.90. The fraction of sp³-hybridized carbons (Fsp3) is 0.467. The maximum atomic E-state index is 11.8. The number of benzene rings is 1. The summed E-state index contributed by atoms with van der Waals surface area (Å²) in [7, 11) is 1.58. The lowest BCUT2D eigenvalue weighted by Crippen LogP contribution is -2.25. The van der Waals surface area contributed by atoms with Gasteiger partial charge in [-0.15, -0.1) is 0 Å². The summed E-state index contributed by atoms with van der Waals surface area (Å²) in [4.78, 5) is 22.3. The molecule has 2 N–H and O–H groups in total. The normalized spacial score (nSPS) is 11.7. The quantitative estimate of drug-likeness (QED) is 0.765. The number of rotatable bonds is 8. The average Bonchev–Trinajstić information content (AvgIpc) is 2.45. The minimum Gasteiger partial charge on any atom is -0.497 e. The number of hydrogen-bond donors (Lipinski definition) is 2. The van der Waals surface area contributed by atoms with E-state index in [4.69, 9.17) is 9.84 Å². The van der Waals surface area contributed by atoms with Gasteiger partial charge < -0.3 is 15.2 Å². The number of hydrogen-bond acceptors (Lipinski definition) is 3. The van der Waals surface area contributed by atoms with E-state index in [2.05, 4.69) is 5.32 Å². The highest BCUT2D eigenvalue weighted by atomic mass is 16.5. The molecule has 1 rings (SSSR count). The molecule has 20 heavy (non-hydrogen) atoms. The number of methoxy groups -OCH3 is 1. The lowest BCUT2D eigenvalue weighted by molar-refractivity contribution is -0.137. The van der Waals surface area contributed by atoms with Gasteiger partial charge >= 0.3 is 5.97 Å². The molecule has 0 fully saturated rings. The Morgan fingerprint density at radius 2 is 1.90 bits per heavy atom. The third kappa shape index (κ3) is 5.73. The highest BCUT2D eigenvalue weighted by Crippen LogP contribution is 2.12. The van der Waals surface area contributed by atoms with Crippen molar-refractivity contribution in [3.8, 4) is 5.75 Å². The molecule has 0 aliphatic rings. The van der Waals surface area contributed by atoms with E-state index in [1.54, 1.807) is 31.4 Å². The molecule has 0 radical (unpaired) electrons. The van der Waals surface area contributed by atoms with Gasteiger partial charge in [0.2, 0.25) is 0 Å². The summed E-state index contributed by atoms with van der Waals surface area (Å²) >= 11 is 0. The molecule has 1 aromatic rings. The van der Waals surface area contributed by atoms with Crippen LogP contribution < -0.4 is 10.1 Å². The standard InChI is InChI=1S/C15H21NO4/c1-11(3-8-14(17)18)9-10-16-15(19)12-4-6-13(20-2)7-5-12/h4-7,11H,3,8-10H2,1-2H3,(H,16,19)(H,17,18). The molecule has 0 aromatic heterocycles. The van der Waals surface area contributed by atoms with Crippen LogP contribution in [-0.4, -0.2) is 30.6 Å². The highest BCUT2D eigenvalue weighted by molar-refractivity contribution is 5.94. The van der Waals surface area contributed by atoms with Gasteiger partial charge in [-0.1, -0.05) is 6.92 Å². The van der Waals surface area contributed by atoms with Gasteiger partial charge in [-0.3, -0.25) is 9.59 Å². The second-order valence-electron chi connectivity index (χ2n) is 4.81. The maximum absolute atomic E-state index is 11.8. The van der Waals surface area contributed by atoms with E-state index in [-0.39, 0.29) is 18.2 Å². The van der Waals surface area contributed by atoms with Gasteiger partial charge in [-0.25, -0.2) is 0 Å². The van der Waals surface area contributed by atoms with Crippen LogP contribution in [0, 0.1) is 5.92 Å². The molecule has 0 saturated carbocycles. The maximum Gasteiger partial charge on any atom is 0.303 e. The molecule has 1 amide bonds. The van der Waals surface area contributed by atoms with Gasteiger partial charge in [0.05, 0.1) is 7.11 Å². The van der Waals surface area contributed by atoms with Gasteiger partial charge in [0, 0.05) is 18.5 Å². The topological polar surface area (TPSA) is 75.6 Å². The minimum atomic E-state index is -0.779. The molecular weight excluding hydrogens is 258 g/mol. The Balaban J connectivity index is 2.30. The molecule has 1 atom stereocenters. The van der Waals surface area contributed by atoms with Crippen LogP contribution in [0.4, 0.5) is 0 Å². The number of aliphatic carboxylic acids is 1. The highest BCUT2D eigenvalue weighted by Gasteiger charge is 2.08. The minimum absolute atomic E-state index is 0.127. The molecule has 0 spiro atoms. The second-order valence-corrected chi connectivity index (χ2v) is 4.81. The number of amides is 1. The number of carboxylic acid groups (broad SMARTS) is 1. The Kier molecular flexibility index (Phi) is 6.56. The number of carbonyl (C=O) groups excluding carboxylic acids is 1. The number of carboxylic acids is 1. The van der Waals surface area contributed by atoms with Gasteiger partial charge in [0.1, 0.15) is 5.75 Å². The second kappa shape index (κ2) is 8.19. The molecule has 0 aliphatic carbocycles. The van der Waals surface area contributed by atoms with Crippen LogP contribution in [0.15, 0.2) is 24.3 Å². The molecule has 1 unspecified atom stereocenters. The summed E-state index contributed by atoms with van der Waals surface area (Å²) in [5.74, 6) is 0.0864. The molecule has 1 aromatic carbocycles. The van der Waals surface area contributed by atoms with E-state index in [1.807, 2.05) is 6.92 Å². The van der Waals surface area contributed by atoms with Crippen LogP contribution >= 0.6 is 0 Å².